The van der Waals surface area contributed by atoms with Gasteiger partial charge in [-0.2, -0.15) is 0 Å². The van der Waals surface area contributed by atoms with Crippen molar-refractivity contribution >= 4 is 5.91 Å². The van der Waals surface area contributed by atoms with E-state index in [1.165, 1.54) is 12.5 Å². The highest BCUT2D eigenvalue weighted by Gasteiger charge is 2.25. The Kier molecular flexibility index (Phi) is 4.80. The van der Waals surface area contributed by atoms with E-state index in [0.29, 0.717) is 12.1 Å². The quantitative estimate of drug-likeness (QED) is 0.875. The lowest BCUT2D eigenvalue weighted by Crippen LogP contribution is -2.43. The van der Waals surface area contributed by atoms with Crippen LogP contribution in [0.15, 0.2) is 24.3 Å². The Morgan fingerprint density at radius 3 is 2.63 bits per heavy atom. The molecule has 0 unspecified atom stereocenters. The number of phenols is 1. The number of phenolic OH excluding ortho intramolecular Hbond substituents is 1. The number of rotatable bonds is 4. The number of nitrogens with zero attached hydrogens (tertiary/aromatic N) is 1. The van der Waals surface area contributed by atoms with Crippen LogP contribution in [0.3, 0.4) is 0 Å². The maximum absolute atomic E-state index is 12.5. The van der Waals surface area contributed by atoms with Gasteiger partial charge in [-0.05, 0) is 31.0 Å². The fourth-order valence-corrected chi connectivity index (χ4v) is 2.76. The monoisotopic (exact) mass is 263 g/mol. The molecule has 1 aliphatic carbocycles. The first-order valence-corrected chi connectivity index (χ1v) is 6.93. The third-order valence-corrected chi connectivity index (χ3v) is 3.71. The van der Waals surface area contributed by atoms with Gasteiger partial charge in [-0.1, -0.05) is 25.3 Å². The molecule has 1 aromatic carbocycles. The Bertz CT molecular complexity index is 427. The molecule has 1 amide bonds. The van der Waals surface area contributed by atoms with E-state index < -0.39 is 0 Å². The van der Waals surface area contributed by atoms with Crippen LogP contribution in [0.5, 0.6) is 5.75 Å². The molecule has 0 spiro atoms. The molecule has 2 N–H and O–H groups in total. The van der Waals surface area contributed by atoms with Crippen LogP contribution in [0.4, 0.5) is 0 Å². The number of aromatic hydroxyl groups is 1. The highest BCUT2D eigenvalue weighted by atomic mass is 16.3. The molecular formula is C15H21NO3. The van der Waals surface area contributed by atoms with Gasteiger partial charge >= 0.3 is 0 Å². The lowest BCUT2D eigenvalue weighted by atomic mass is 9.93. The molecule has 0 heterocycles. The van der Waals surface area contributed by atoms with E-state index in [4.69, 9.17) is 0 Å². The average molecular weight is 263 g/mol. The summed E-state index contributed by atoms with van der Waals surface area (Å²) >= 11 is 0. The van der Waals surface area contributed by atoms with Gasteiger partial charge < -0.3 is 15.1 Å². The predicted octanol–water partition coefficient (Wildman–Crippen LogP) is 2.16. The second kappa shape index (κ2) is 6.57. The molecule has 2 rings (SSSR count). The van der Waals surface area contributed by atoms with Crippen molar-refractivity contribution in [1.82, 2.24) is 4.90 Å². The first-order chi connectivity index (χ1) is 9.22. The van der Waals surface area contributed by atoms with Crippen LogP contribution in [-0.2, 0) is 0 Å². The first-order valence-electron chi connectivity index (χ1n) is 6.93. The van der Waals surface area contributed by atoms with Gasteiger partial charge in [0.05, 0.1) is 6.61 Å². The van der Waals surface area contributed by atoms with E-state index in [0.717, 1.165) is 25.7 Å². The normalized spacial score (nSPS) is 16.3. The Labute approximate surface area is 113 Å². The molecule has 104 valence electrons. The fraction of sp³-hybridized carbons (Fsp3) is 0.533. The number of carbonyl (C=O) groups is 1. The standard InChI is InChI=1S/C15H21NO3/c17-10-9-16(13-6-2-1-3-7-13)15(19)12-5-4-8-14(18)11-12/h4-5,8,11,13,17-18H,1-3,6-7,9-10H2. The van der Waals surface area contributed by atoms with Gasteiger partial charge in [0.1, 0.15) is 5.75 Å². The molecule has 19 heavy (non-hydrogen) atoms. The molecule has 0 atom stereocenters. The second-order valence-corrected chi connectivity index (χ2v) is 5.06. The van der Waals surface area contributed by atoms with Crippen LogP contribution in [0.25, 0.3) is 0 Å². The highest BCUT2D eigenvalue weighted by molar-refractivity contribution is 5.94. The van der Waals surface area contributed by atoms with Crippen molar-refractivity contribution in [3.63, 3.8) is 0 Å². The fourth-order valence-electron chi connectivity index (χ4n) is 2.76. The smallest absolute Gasteiger partial charge is 0.254 e. The highest BCUT2D eigenvalue weighted by Crippen LogP contribution is 2.24. The van der Waals surface area contributed by atoms with E-state index in [-0.39, 0.29) is 24.3 Å². The second-order valence-electron chi connectivity index (χ2n) is 5.06. The van der Waals surface area contributed by atoms with Gasteiger partial charge in [0.15, 0.2) is 0 Å². The van der Waals surface area contributed by atoms with Gasteiger partial charge in [-0.3, -0.25) is 4.79 Å². The minimum atomic E-state index is -0.100. The van der Waals surface area contributed by atoms with E-state index in [1.807, 2.05) is 0 Å². The minimum Gasteiger partial charge on any atom is -0.508 e. The average Bonchev–Trinajstić information content (AvgIpc) is 2.45. The van der Waals surface area contributed by atoms with E-state index in [1.54, 1.807) is 23.1 Å². The Morgan fingerprint density at radius 2 is 2.00 bits per heavy atom. The van der Waals surface area contributed by atoms with Gasteiger partial charge in [-0.15, -0.1) is 0 Å². The van der Waals surface area contributed by atoms with Crippen LogP contribution in [-0.4, -0.2) is 40.2 Å². The molecule has 0 radical (unpaired) electrons. The van der Waals surface area contributed by atoms with Crippen LogP contribution >= 0.6 is 0 Å². The molecule has 1 saturated carbocycles. The molecule has 0 aromatic heterocycles. The summed E-state index contributed by atoms with van der Waals surface area (Å²) in [5.74, 6) is -0.00436. The summed E-state index contributed by atoms with van der Waals surface area (Å²) in [6.45, 7) is 0.334. The van der Waals surface area contributed by atoms with Crippen molar-refractivity contribution in [2.24, 2.45) is 0 Å². The molecular weight excluding hydrogens is 242 g/mol. The lowest BCUT2D eigenvalue weighted by molar-refractivity contribution is 0.0585. The number of carbonyl (C=O) groups excluding carboxylic acids is 1. The van der Waals surface area contributed by atoms with Crippen molar-refractivity contribution in [3.8, 4) is 5.75 Å². The lowest BCUT2D eigenvalue weighted by Gasteiger charge is -2.34. The summed E-state index contributed by atoms with van der Waals surface area (Å²) in [6.07, 6.45) is 5.51. The van der Waals surface area contributed by atoms with Gasteiger partial charge in [0.25, 0.3) is 5.91 Å². The minimum absolute atomic E-state index is 0.0267. The van der Waals surface area contributed by atoms with Crippen LogP contribution < -0.4 is 0 Å². The molecule has 1 aromatic rings. The number of hydrogen-bond acceptors (Lipinski definition) is 3. The summed E-state index contributed by atoms with van der Waals surface area (Å²) < 4.78 is 0. The van der Waals surface area contributed by atoms with Crippen molar-refractivity contribution in [2.75, 3.05) is 13.2 Å². The largest absolute Gasteiger partial charge is 0.508 e. The number of benzene rings is 1. The van der Waals surface area contributed by atoms with Gasteiger partial charge in [0, 0.05) is 18.2 Å². The molecule has 0 saturated heterocycles. The Balaban J connectivity index is 2.15. The van der Waals surface area contributed by atoms with E-state index >= 15 is 0 Å². The van der Waals surface area contributed by atoms with Crippen molar-refractivity contribution in [1.29, 1.82) is 0 Å². The summed E-state index contributed by atoms with van der Waals surface area (Å²) in [5.41, 5.74) is 0.485. The molecule has 1 fully saturated rings. The van der Waals surface area contributed by atoms with E-state index in [2.05, 4.69) is 0 Å². The summed E-state index contributed by atoms with van der Waals surface area (Å²) in [5, 5.41) is 18.6. The van der Waals surface area contributed by atoms with Crippen molar-refractivity contribution in [3.05, 3.63) is 29.8 Å². The number of hydrogen-bond donors (Lipinski definition) is 2. The summed E-state index contributed by atoms with van der Waals surface area (Å²) in [7, 11) is 0. The van der Waals surface area contributed by atoms with Crippen LogP contribution in [0, 0.1) is 0 Å². The van der Waals surface area contributed by atoms with Crippen molar-refractivity contribution in [2.45, 2.75) is 38.1 Å². The number of aliphatic hydroxyl groups is 1. The molecule has 4 heteroatoms. The maximum atomic E-state index is 12.5. The van der Waals surface area contributed by atoms with Gasteiger partial charge in [-0.25, -0.2) is 0 Å². The zero-order chi connectivity index (χ0) is 13.7. The zero-order valence-corrected chi connectivity index (χ0v) is 11.1. The Hall–Kier alpha value is -1.55. The third-order valence-electron chi connectivity index (χ3n) is 3.71. The predicted molar refractivity (Wildman–Crippen MR) is 73.1 cm³/mol. The van der Waals surface area contributed by atoms with Crippen LogP contribution in [0.2, 0.25) is 0 Å². The van der Waals surface area contributed by atoms with Crippen LogP contribution in [0.1, 0.15) is 42.5 Å². The van der Waals surface area contributed by atoms with E-state index in [9.17, 15) is 15.0 Å². The summed E-state index contributed by atoms with van der Waals surface area (Å²) in [6, 6.07) is 6.62. The third kappa shape index (κ3) is 3.47. The first kappa shape index (κ1) is 13.9. The van der Waals surface area contributed by atoms with Gasteiger partial charge in [0.2, 0.25) is 0 Å². The topological polar surface area (TPSA) is 60.8 Å². The van der Waals surface area contributed by atoms with Crippen molar-refractivity contribution < 1.29 is 15.0 Å². The Morgan fingerprint density at radius 1 is 1.26 bits per heavy atom. The zero-order valence-electron chi connectivity index (χ0n) is 11.1. The molecule has 0 bridgehead atoms. The summed E-state index contributed by atoms with van der Waals surface area (Å²) in [4.78, 5) is 14.2. The number of aliphatic hydroxyl groups excluding tert-OH is 1. The maximum Gasteiger partial charge on any atom is 0.254 e. The SMILES string of the molecule is O=C(c1cccc(O)c1)N(CCO)C1CCCCC1. The molecule has 0 aliphatic heterocycles. The molecule has 4 nitrogen and oxygen atoms in total. The molecule has 1 aliphatic rings. The number of amides is 1.